The molecular formula is C12H14N4O. The third-order valence-electron chi connectivity index (χ3n) is 3.15. The molecule has 1 saturated heterocycles. The van der Waals surface area contributed by atoms with Crippen LogP contribution in [0.15, 0.2) is 12.4 Å². The summed E-state index contributed by atoms with van der Waals surface area (Å²) in [6.45, 7) is 3.17. The molecule has 0 aliphatic carbocycles. The van der Waals surface area contributed by atoms with Crippen molar-refractivity contribution in [3.8, 4) is 6.07 Å². The molecule has 0 radical (unpaired) electrons. The Balaban J connectivity index is 2.11. The Morgan fingerprint density at radius 3 is 2.65 bits per heavy atom. The number of carbonyl (C=O) groups is 1. The van der Waals surface area contributed by atoms with Crippen molar-refractivity contribution in [2.24, 2.45) is 5.92 Å². The second-order valence-corrected chi connectivity index (χ2v) is 4.21. The van der Waals surface area contributed by atoms with Crippen molar-refractivity contribution in [3.05, 3.63) is 18.1 Å². The van der Waals surface area contributed by atoms with Crippen LogP contribution in [0.2, 0.25) is 0 Å². The normalized spacial score (nSPS) is 16.6. The first-order chi connectivity index (χ1) is 8.22. The van der Waals surface area contributed by atoms with Crippen molar-refractivity contribution in [2.75, 3.05) is 18.0 Å². The summed E-state index contributed by atoms with van der Waals surface area (Å²) in [5, 5.41) is 8.96. The molecule has 0 N–H and O–H groups in total. The van der Waals surface area contributed by atoms with E-state index in [1.807, 2.05) is 11.0 Å². The van der Waals surface area contributed by atoms with Gasteiger partial charge in [-0.05, 0) is 19.8 Å². The minimum atomic E-state index is 0.161. The number of nitriles is 1. The van der Waals surface area contributed by atoms with Gasteiger partial charge in [-0.3, -0.25) is 4.79 Å². The molecule has 5 heteroatoms. The highest BCUT2D eigenvalue weighted by atomic mass is 16.1. The van der Waals surface area contributed by atoms with Crippen LogP contribution in [0.3, 0.4) is 0 Å². The van der Waals surface area contributed by atoms with Gasteiger partial charge in [-0.2, -0.15) is 5.26 Å². The van der Waals surface area contributed by atoms with Gasteiger partial charge in [0.2, 0.25) is 0 Å². The molecule has 1 aliphatic heterocycles. The Labute approximate surface area is 100 Å². The summed E-state index contributed by atoms with van der Waals surface area (Å²) in [5.74, 6) is 1.05. The Morgan fingerprint density at radius 2 is 2.06 bits per heavy atom. The summed E-state index contributed by atoms with van der Waals surface area (Å²) in [7, 11) is 0. The van der Waals surface area contributed by atoms with Crippen LogP contribution >= 0.6 is 0 Å². The van der Waals surface area contributed by atoms with E-state index in [1.54, 1.807) is 13.1 Å². The van der Waals surface area contributed by atoms with Crippen LogP contribution in [-0.4, -0.2) is 28.8 Å². The fourth-order valence-electron chi connectivity index (χ4n) is 2.14. The highest BCUT2D eigenvalue weighted by Crippen LogP contribution is 2.23. The van der Waals surface area contributed by atoms with E-state index in [0.29, 0.717) is 11.5 Å². The van der Waals surface area contributed by atoms with Crippen LogP contribution in [-0.2, 0) is 4.79 Å². The number of piperidine rings is 1. The standard InChI is InChI=1S/C12H14N4O/c1-9(17)10-2-6-16(7-3-10)12-11(8-13)14-4-5-15-12/h4-5,10H,2-3,6-7H2,1H3. The van der Waals surface area contributed by atoms with Crippen molar-refractivity contribution in [2.45, 2.75) is 19.8 Å². The first-order valence-corrected chi connectivity index (χ1v) is 5.69. The van der Waals surface area contributed by atoms with E-state index in [9.17, 15) is 4.79 Å². The van der Waals surface area contributed by atoms with Crippen molar-refractivity contribution >= 4 is 11.6 Å². The molecule has 88 valence electrons. The van der Waals surface area contributed by atoms with E-state index in [2.05, 4.69) is 9.97 Å². The molecule has 0 aromatic carbocycles. The Kier molecular flexibility index (Phi) is 3.33. The number of anilines is 1. The molecule has 17 heavy (non-hydrogen) atoms. The van der Waals surface area contributed by atoms with E-state index in [4.69, 9.17) is 5.26 Å². The van der Waals surface area contributed by atoms with Crippen LogP contribution in [0.1, 0.15) is 25.5 Å². The molecule has 1 aliphatic rings. The van der Waals surface area contributed by atoms with Crippen LogP contribution in [0.5, 0.6) is 0 Å². The van der Waals surface area contributed by atoms with Crippen molar-refractivity contribution in [1.82, 2.24) is 9.97 Å². The van der Waals surface area contributed by atoms with Crippen LogP contribution < -0.4 is 4.90 Å². The number of hydrogen-bond donors (Lipinski definition) is 0. The molecule has 0 atom stereocenters. The minimum Gasteiger partial charge on any atom is -0.354 e. The van der Waals surface area contributed by atoms with Crippen molar-refractivity contribution < 1.29 is 4.79 Å². The maximum Gasteiger partial charge on any atom is 0.183 e. The van der Waals surface area contributed by atoms with Gasteiger partial charge in [0.05, 0.1) is 0 Å². The van der Waals surface area contributed by atoms with Gasteiger partial charge >= 0.3 is 0 Å². The number of ketones is 1. The van der Waals surface area contributed by atoms with Gasteiger partial charge in [0, 0.05) is 31.4 Å². The average Bonchev–Trinajstić information content (AvgIpc) is 2.39. The number of carbonyl (C=O) groups excluding carboxylic acids is 1. The summed E-state index contributed by atoms with van der Waals surface area (Å²) in [6.07, 6.45) is 4.77. The predicted octanol–water partition coefficient (Wildman–Crippen LogP) is 1.15. The maximum absolute atomic E-state index is 11.3. The van der Waals surface area contributed by atoms with Gasteiger partial charge in [-0.15, -0.1) is 0 Å². The predicted molar refractivity (Wildman–Crippen MR) is 62.4 cm³/mol. The number of hydrogen-bond acceptors (Lipinski definition) is 5. The average molecular weight is 230 g/mol. The quantitative estimate of drug-likeness (QED) is 0.762. The van der Waals surface area contributed by atoms with Crippen molar-refractivity contribution in [1.29, 1.82) is 5.26 Å². The van der Waals surface area contributed by atoms with Gasteiger partial charge in [-0.25, -0.2) is 9.97 Å². The molecule has 2 rings (SSSR count). The number of rotatable bonds is 2. The molecule has 0 amide bonds. The number of nitrogens with zero attached hydrogens (tertiary/aromatic N) is 4. The van der Waals surface area contributed by atoms with Crippen LogP contribution in [0.4, 0.5) is 5.82 Å². The molecule has 2 heterocycles. The third-order valence-corrected chi connectivity index (χ3v) is 3.15. The second kappa shape index (κ2) is 4.91. The number of Topliss-reactive ketones (excluding diaryl/α,β-unsaturated/α-hetero) is 1. The summed E-state index contributed by atoms with van der Waals surface area (Å²) in [4.78, 5) is 21.5. The molecule has 1 fully saturated rings. The van der Waals surface area contributed by atoms with E-state index in [0.717, 1.165) is 25.9 Å². The zero-order valence-corrected chi connectivity index (χ0v) is 9.76. The summed E-state index contributed by atoms with van der Waals surface area (Å²) in [5.41, 5.74) is 0.355. The zero-order valence-electron chi connectivity index (χ0n) is 9.76. The Bertz CT molecular complexity index is 458. The van der Waals surface area contributed by atoms with Crippen molar-refractivity contribution in [3.63, 3.8) is 0 Å². The van der Waals surface area contributed by atoms with Gasteiger partial charge < -0.3 is 4.90 Å². The molecule has 1 aromatic rings. The van der Waals surface area contributed by atoms with Gasteiger partial charge in [0.15, 0.2) is 11.5 Å². The monoisotopic (exact) mass is 230 g/mol. The maximum atomic E-state index is 11.3. The van der Waals surface area contributed by atoms with Gasteiger partial charge in [-0.1, -0.05) is 0 Å². The van der Waals surface area contributed by atoms with Gasteiger partial charge in [0.1, 0.15) is 11.9 Å². The van der Waals surface area contributed by atoms with E-state index < -0.39 is 0 Å². The lowest BCUT2D eigenvalue weighted by atomic mass is 9.93. The van der Waals surface area contributed by atoms with E-state index in [-0.39, 0.29) is 11.7 Å². The van der Waals surface area contributed by atoms with E-state index >= 15 is 0 Å². The lowest BCUT2D eigenvalue weighted by Gasteiger charge is -2.31. The number of aromatic nitrogens is 2. The molecule has 1 aromatic heterocycles. The highest BCUT2D eigenvalue weighted by Gasteiger charge is 2.24. The topological polar surface area (TPSA) is 69.9 Å². The van der Waals surface area contributed by atoms with Crippen LogP contribution in [0, 0.1) is 17.2 Å². The van der Waals surface area contributed by atoms with E-state index in [1.165, 1.54) is 6.20 Å². The Hall–Kier alpha value is -1.96. The zero-order chi connectivity index (χ0) is 12.3. The first kappa shape index (κ1) is 11.5. The summed E-state index contributed by atoms with van der Waals surface area (Å²) in [6, 6.07) is 2.04. The smallest absolute Gasteiger partial charge is 0.183 e. The lowest BCUT2D eigenvalue weighted by molar-refractivity contribution is -0.121. The fourth-order valence-corrected chi connectivity index (χ4v) is 2.14. The second-order valence-electron chi connectivity index (χ2n) is 4.21. The lowest BCUT2D eigenvalue weighted by Crippen LogP contribution is -2.36. The minimum absolute atomic E-state index is 0.161. The fraction of sp³-hybridized carbons (Fsp3) is 0.500. The molecule has 0 bridgehead atoms. The molecular weight excluding hydrogens is 216 g/mol. The van der Waals surface area contributed by atoms with Gasteiger partial charge in [0.25, 0.3) is 0 Å². The molecule has 0 unspecified atom stereocenters. The summed E-state index contributed by atoms with van der Waals surface area (Å²) < 4.78 is 0. The van der Waals surface area contributed by atoms with Crippen LogP contribution in [0.25, 0.3) is 0 Å². The molecule has 5 nitrogen and oxygen atoms in total. The third kappa shape index (κ3) is 2.41. The molecule has 0 spiro atoms. The summed E-state index contributed by atoms with van der Waals surface area (Å²) >= 11 is 0. The first-order valence-electron chi connectivity index (χ1n) is 5.69. The molecule has 0 saturated carbocycles. The Morgan fingerprint density at radius 1 is 1.41 bits per heavy atom. The SMILES string of the molecule is CC(=O)C1CCN(c2nccnc2C#N)CC1. The highest BCUT2D eigenvalue weighted by molar-refractivity contribution is 5.78. The largest absolute Gasteiger partial charge is 0.354 e.